The zero-order chi connectivity index (χ0) is 9.97. The molecule has 2 nitrogen and oxygen atoms in total. The maximum absolute atomic E-state index is 5.46. The second-order valence-corrected chi connectivity index (χ2v) is 3.89. The highest BCUT2D eigenvalue weighted by Gasteiger charge is 2.20. The van der Waals surface area contributed by atoms with Gasteiger partial charge in [-0.25, -0.2) is 0 Å². The van der Waals surface area contributed by atoms with Crippen molar-refractivity contribution >= 4 is 0 Å². The molecule has 1 aliphatic rings. The van der Waals surface area contributed by atoms with Gasteiger partial charge in [-0.2, -0.15) is 0 Å². The summed E-state index contributed by atoms with van der Waals surface area (Å²) in [6, 6.07) is 6.40. The summed E-state index contributed by atoms with van der Waals surface area (Å²) in [7, 11) is 1.76. The highest BCUT2D eigenvalue weighted by atomic mass is 16.5. The number of hydrogen-bond acceptors (Lipinski definition) is 2. The molecule has 1 N–H and O–H groups in total. The lowest BCUT2D eigenvalue weighted by molar-refractivity contribution is 0.403. The van der Waals surface area contributed by atoms with E-state index < -0.39 is 0 Å². The van der Waals surface area contributed by atoms with Crippen molar-refractivity contribution in [1.82, 2.24) is 5.32 Å². The molecular formula is C12H17NO. The van der Waals surface area contributed by atoms with Crippen LogP contribution in [0.3, 0.4) is 0 Å². The molecule has 0 bridgehead atoms. The minimum absolute atomic E-state index is 0.629. The first-order valence-electron chi connectivity index (χ1n) is 5.17. The first-order chi connectivity index (χ1) is 6.83. The van der Waals surface area contributed by atoms with Crippen molar-refractivity contribution in [1.29, 1.82) is 0 Å². The second-order valence-electron chi connectivity index (χ2n) is 3.89. The van der Waals surface area contributed by atoms with Gasteiger partial charge in [-0.1, -0.05) is 18.2 Å². The van der Waals surface area contributed by atoms with Crippen molar-refractivity contribution in [2.45, 2.75) is 19.3 Å². The van der Waals surface area contributed by atoms with Crippen LogP contribution in [-0.4, -0.2) is 20.2 Å². The quantitative estimate of drug-likeness (QED) is 0.772. The van der Waals surface area contributed by atoms with E-state index in [9.17, 15) is 0 Å². The molecule has 0 aliphatic carbocycles. The summed E-state index contributed by atoms with van der Waals surface area (Å²) in [5.74, 6) is 1.70. The number of aryl methyl sites for hydroxylation is 1. The lowest BCUT2D eigenvalue weighted by Crippen LogP contribution is -2.09. The summed E-state index contributed by atoms with van der Waals surface area (Å²) < 4.78 is 5.46. The third-order valence-electron chi connectivity index (χ3n) is 2.95. The van der Waals surface area contributed by atoms with Crippen LogP contribution in [0.2, 0.25) is 0 Å². The summed E-state index contributed by atoms with van der Waals surface area (Å²) in [4.78, 5) is 0. The smallest absolute Gasteiger partial charge is 0.125 e. The Kier molecular flexibility index (Phi) is 2.73. The van der Waals surface area contributed by atoms with Gasteiger partial charge in [0.25, 0.3) is 0 Å². The number of methoxy groups -OCH3 is 1. The molecule has 0 amide bonds. The Balaban J connectivity index is 2.35. The van der Waals surface area contributed by atoms with Crippen LogP contribution in [0.4, 0.5) is 0 Å². The van der Waals surface area contributed by atoms with Gasteiger partial charge in [0.05, 0.1) is 7.11 Å². The van der Waals surface area contributed by atoms with Crippen LogP contribution >= 0.6 is 0 Å². The number of hydrogen-bond donors (Lipinski definition) is 1. The molecule has 1 fully saturated rings. The molecule has 1 aromatic carbocycles. The van der Waals surface area contributed by atoms with E-state index in [0.717, 1.165) is 18.8 Å². The number of ether oxygens (including phenoxy) is 1. The standard InChI is InChI=1S/C12H17NO/c1-9-4-3-5-11(12(9)14-2)10-6-7-13-8-10/h3-5,10,13H,6-8H2,1-2H3/t10-/m0/s1. The van der Waals surface area contributed by atoms with Crippen molar-refractivity contribution in [3.8, 4) is 5.75 Å². The van der Waals surface area contributed by atoms with Gasteiger partial charge in [0, 0.05) is 12.5 Å². The summed E-state index contributed by atoms with van der Waals surface area (Å²) in [5.41, 5.74) is 2.59. The summed E-state index contributed by atoms with van der Waals surface area (Å²) >= 11 is 0. The first kappa shape index (κ1) is 9.53. The fraction of sp³-hybridized carbons (Fsp3) is 0.500. The third kappa shape index (κ3) is 1.62. The molecule has 0 spiro atoms. The molecule has 0 saturated carbocycles. The summed E-state index contributed by atoms with van der Waals surface area (Å²) in [6.45, 7) is 4.31. The highest BCUT2D eigenvalue weighted by Crippen LogP contribution is 2.32. The molecule has 0 aromatic heterocycles. The Morgan fingerprint density at radius 2 is 2.29 bits per heavy atom. The van der Waals surface area contributed by atoms with Gasteiger partial charge in [-0.3, -0.25) is 0 Å². The van der Waals surface area contributed by atoms with E-state index in [4.69, 9.17) is 4.74 Å². The Labute approximate surface area is 85.3 Å². The summed E-state index contributed by atoms with van der Waals surface area (Å²) in [5, 5.41) is 3.39. The normalized spacial score (nSPS) is 21.1. The molecule has 1 saturated heterocycles. The van der Waals surface area contributed by atoms with Crippen LogP contribution in [-0.2, 0) is 0 Å². The zero-order valence-corrected chi connectivity index (χ0v) is 8.84. The molecule has 2 rings (SSSR count). The van der Waals surface area contributed by atoms with Crippen molar-refractivity contribution < 1.29 is 4.74 Å². The zero-order valence-electron chi connectivity index (χ0n) is 8.84. The van der Waals surface area contributed by atoms with E-state index in [1.54, 1.807) is 7.11 Å². The van der Waals surface area contributed by atoms with Gasteiger partial charge >= 0.3 is 0 Å². The van der Waals surface area contributed by atoms with E-state index >= 15 is 0 Å². The minimum Gasteiger partial charge on any atom is -0.496 e. The number of rotatable bonds is 2. The third-order valence-corrected chi connectivity index (χ3v) is 2.95. The van der Waals surface area contributed by atoms with Crippen LogP contribution in [0, 0.1) is 6.92 Å². The van der Waals surface area contributed by atoms with E-state index in [-0.39, 0.29) is 0 Å². The van der Waals surface area contributed by atoms with E-state index in [0.29, 0.717) is 5.92 Å². The van der Waals surface area contributed by atoms with Crippen molar-refractivity contribution in [2.24, 2.45) is 0 Å². The minimum atomic E-state index is 0.629. The van der Waals surface area contributed by atoms with Gasteiger partial charge in [-0.15, -0.1) is 0 Å². The molecule has 1 aromatic rings. The van der Waals surface area contributed by atoms with Crippen LogP contribution in [0.5, 0.6) is 5.75 Å². The van der Waals surface area contributed by atoms with E-state index in [1.165, 1.54) is 17.5 Å². The topological polar surface area (TPSA) is 21.3 Å². The summed E-state index contributed by atoms with van der Waals surface area (Å²) in [6.07, 6.45) is 1.22. The van der Waals surface area contributed by atoms with Crippen LogP contribution < -0.4 is 10.1 Å². The van der Waals surface area contributed by atoms with Crippen LogP contribution in [0.1, 0.15) is 23.5 Å². The Morgan fingerprint density at radius 1 is 1.43 bits per heavy atom. The largest absolute Gasteiger partial charge is 0.496 e. The average molecular weight is 191 g/mol. The molecule has 1 aliphatic heterocycles. The number of nitrogens with one attached hydrogen (secondary N) is 1. The average Bonchev–Trinajstić information content (AvgIpc) is 2.70. The second kappa shape index (κ2) is 4.01. The van der Waals surface area contributed by atoms with Gasteiger partial charge < -0.3 is 10.1 Å². The Hall–Kier alpha value is -1.02. The first-order valence-corrected chi connectivity index (χ1v) is 5.17. The molecule has 14 heavy (non-hydrogen) atoms. The molecular weight excluding hydrogens is 174 g/mol. The van der Waals surface area contributed by atoms with Gasteiger partial charge in [0.1, 0.15) is 5.75 Å². The molecule has 2 heteroatoms. The van der Waals surface area contributed by atoms with Gasteiger partial charge in [0.2, 0.25) is 0 Å². The molecule has 1 atom stereocenters. The molecule has 1 heterocycles. The number of benzene rings is 1. The Bertz CT molecular complexity index is 316. The van der Waals surface area contributed by atoms with Gasteiger partial charge in [-0.05, 0) is 31.0 Å². The van der Waals surface area contributed by atoms with Crippen molar-refractivity contribution in [2.75, 3.05) is 20.2 Å². The predicted molar refractivity (Wildman–Crippen MR) is 58.0 cm³/mol. The molecule has 76 valence electrons. The van der Waals surface area contributed by atoms with E-state index in [1.807, 2.05) is 0 Å². The molecule has 0 unspecified atom stereocenters. The lowest BCUT2D eigenvalue weighted by atomic mass is 9.95. The van der Waals surface area contributed by atoms with Crippen molar-refractivity contribution in [3.63, 3.8) is 0 Å². The lowest BCUT2D eigenvalue weighted by Gasteiger charge is -2.15. The van der Waals surface area contributed by atoms with Crippen LogP contribution in [0.15, 0.2) is 18.2 Å². The predicted octanol–water partition coefficient (Wildman–Crippen LogP) is 2.08. The SMILES string of the molecule is COc1c(C)cccc1[C@H]1CCNC1. The maximum Gasteiger partial charge on any atom is 0.125 e. The fourth-order valence-electron chi connectivity index (χ4n) is 2.20. The fourth-order valence-corrected chi connectivity index (χ4v) is 2.20. The maximum atomic E-state index is 5.46. The van der Waals surface area contributed by atoms with Crippen LogP contribution in [0.25, 0.3) is 0 Å². The van der Waals surface area contributed by atoms with E-state index in [2.05, 4.69) is 30.4 Å². The number of para-hydroxylation sites is 1. The Morgan fingerprint density at radius 3 is 2.93 bits per heavy atom. The monoisotopic (exact) mass is 191 g/mol. The molecule has 0 radical (unpaired) electrons. The van der Waals surface area contributed by atoms with Crippen molar-refractivity contribution in [3.05, 3.63) is 29.3 Å². The van der Waals surface area contributed by atoms with Gasteiger partial charge in [0.15, 0.2) is 0 Å². The highest BCUT2D eigenvalue weighted by molar-refractivity contribution is 5.43.